The van der Waals surface area contributed by atoms with Crippen molar-refractivity contribution < 1.29 is 23.4 Å². The number of hydrogen-bond acceptors (Lipinski definition) is 5. The van der Waals surface area contributed by atoms with Crippen molar-refractivity contribution in [1.82, 2.24) is 5.32 Å². The van der Waals surface area contributed by atoms with E-state index < -0.39 is 0 Å². The lowest BCUT2D eigenvalue weighted by atomic mass is 10.1. The molecule has 2 unspecified atom stereocenters. The first-order valence-corrected chi connectivity index (χ1v) is 11.2. The van der Waals surface area contributed by atoms with Crippen LogP contribution in [0.1, 0.15) is 38.8 Å². The van der Waals surface area contributed by atoms with E-state index in [9.17, 15) is 9.18 Å². The minimum absolute atomic E-state index is 0.0333. The fraction of sp³-hybridized carbons (Fsp3) is 0.423. The number of halogens is 1. The Morgan fingerprint density at radius 3 is 2.55 bits per heavy atom. The van der Waals surface area contributed by atoms with Gasteiger partial charge in [0.05, 0.1) is 31.1 Å². The van der Waals surface area contributed by atoms with E-state index in [-0.39, 0.29) is 36.6 Å². The Bertz CT molecular complexity index is 982. The number of morpholine rings is 1. The summed E-state index contributed by atoms with van der Waals surface area (Å²) in [6, 6.07) is 10.6. The van der Waals surface area contributed by atoms with Crippen LogP contribution in [0.3, 0.4) is 0 Å². The molecule has 1 aliphatic heterocycles. The van der Waals surface area contributed by atoms with Crippen LogP contribution in [0.4, 0.5) is 10.1 Å². The van der Waals surface area contributed by atoms with Gasteiger partial charge in [-0.15, -0.1) is 0 Å². The standard InChI is InChI=1S/C26H33FN2O4/c1-17(2)32-24-10-7-20(13-25(24)31-5)8-11-26(30)28-14-21-6-9-23(22(27)12-21)29-15-18(3)33-19(4)16-29/h6-13,17-19H,14-16H2,1-5H3,(H,28,30)/b11-8+. The van der Waals surface area contributed by atoms with Gasteiger partial charge in [-0.3, -0.25) is 4.79 Å². The fourth-order valence-electron chi connectivity index (χ4n) is 3.85. The number of benzene rings is 2. The summed E-state index contributed by atoms with van der Waals surface area (Å²) in [4.78, 5) is 14.3. The van der Waals surface area contributed by atoms with E-state index in [1.807, 2.05) is 56.9 Å². The van der Waals surface area contributed by atoms with E-state index in [0.717, 1.165) is 5.56 Å². The van der Waals surface area contributed by atoms with Crippen LogP contribution in [-0.4, -0.2) is 44.4 Å². The van der Waals surface area contributed by atoms with Crippen LogP contribution < -0.4 is 19.7 Å². The molecule has 0 aliphatic carbocycles. The second-order valence-corrected chi connectivity index (χ2v) is 8.58. The topological polar surface area (TPSA) is 60.0 Å². The zero-order valence-corrected chi connectivity index (χ0v) is 19.9. The highest BCUT2D eigenvalue weighted by Gasteiger charge is 2.24. The Morgan fingerprint density at radius 1 is 1.18 bits per heavy atom. The number of rotatable bonds is 8. The number of ether oxygens (including phenoxy) is 3. The molecule has 0 spiro atoms. The Kier molecular flexibility index (Phi) is 8.33. The molecule has 1 fully saturated rings. The highest BCUT2D eigenvalue weighted by molar-refractivity contribution is 5.91. The molecule has 2 aromatic carbocycles. The first kappa shape index (κ1) is 24.6. The highest BCUT2D eigenvalue weighted by Crippen LogP contribution is 2.29. The van der Waals surface area contributed by atoms with Gasteiger partial charge in [-0.2, -0.15) is 0 Å². The predicted molar refractivity (Wildman–Crippen MR) is 128 cm³/mol. The number of amides is 1. The maximum Gasteiger partial charge on any atom is 0.244 e. The van der Waals surface area contributed by atoms with Gasteiger partial charge >= 0.3 is 0 Å². The van der Waals surface area contributed by atoms with Gasteiger partial charge in [0.2, 0.25) is 5.91 Å². The van der Waals surface area contributed by atoms with Crippen LogP contribution in [0.15, 0.2) is 42.5 Å². The van der Waals surface area contributed by atoms with Gasteiger partial charge in [-0.25, -0.2) is 4.39 Å². The van der Waals surface area contributed by atoms with Gasteiger partial charge in [-0.05, 0) is 69.2 Å². The van der Waals surface area contributed by atoms with Gasteiger partial charge in [0.15, 0.2) is 11.5 Å². The molecular weight excluding hydrogens is 423 g/mol. The zero-order valence-electron chi connectivity index (χ0n) is 19.9. The number of nitrogens with one attached hydrogen (secondary N) is 1. The molecule has 6 nitrogen and oxygen atoms in total. The molecule has 7 heteroatoms. The van der Waals surface area contributed by atoms with E-state index in [0.29, 0.717) is 35.8 Å². The van der Waals surface area contributed by atoms with Crippen molar-refractivity contribution in [2.45, 2.75) is 52.6 Å². The molecule has 1 amide bonds. The van der Waals surface area contributed by atoms with Gasteiger partial charge in [0.1, 0.15) is 5.82 Å². The average molecular weight is 457 g/mol. The molecule has 1 aliphatic rings. The smallest absolute Gasteiger partial charge is 0.244 e. The van der Waals surface area contributed by atoms with Gasteiger partial charge < -0.3 is 24.4 Å². The predicted octanol–water partition coefficient (Wildman–Crippen LogP) is 4.56. The summed E-state index contributed by atoms with van der Waals surface area (Å²) in [5.74, 6) is 0.692. The summed E-state index contributed by atoms with van der Waals surface area (Å²) in [6.45, 7) is 9.40. The minimum Gasteiger partial charge on any atom is -0.493 e. The largest absolute Gasteiger partial charge is 0.493 e. The van der Waals surface area contributed by atoms with E-state index in [1.165, 1.54) is 12.1 Å². The van der Waals surface area contributed by atoms with Crippen molar-refractivity contribution in [2.75, 3.05) is 25.1 Å². The highest BCUT2D eigenvalue weighted by atomic mass is 19.1. The quantitative estimate of drug-likeness (QED) is 0.590. The van der Waals surface area contributed by atoms with Crippen molar-refractivity contribution in [3.05, 3.63) is 59.4 Å². The van der Waals surface area contributed by atoms with Crippen molar-refractivity contribution in [3.63, 3.8) is 0 Å². The lowest BCUT2D eigenvalue weighted by molar-refractivity contribution is -0.116. The first-order valence-electron chi connectivity index (χ1n) is 11.2. The molecule has 2 aromatic rings. The molecule has 1 saturated heterocycles. The van der Waals surface area contributed by atoms with Crippen LogP contribution in [0, 0.1) is 5.82 Å². The van der Waals surface area contributed by atoms with Crippen molar-refractivity contribution in [3.8, 4) is 11.5 Å². The Balaban J connectivity index is 1.57. The molecule has 33 heavy (non-hydrogen) atoms. The summed E-state index contributed by atoms with van der Waals surface area (Å²) in [6.07, 6.45) is 3.28. The SMILES string of the molecule is COc1cc(/C=C/C(=O)NCc2ccc(N3CC(C)OC(C)C3)c(F)c2)ccc1OC(C)C. The lowest BCUT2D eigenvalue weighted by Gasteiger charge is -2.37. The number of nitrogens with zero attached hydrogens (tertiary/aromatic N) is 1. The third-order valence-corrected chi connectivity index (χ3v) is 5.22. The molecular formula is C26H33FN2O4. The molecule has 3 rings (SSSR count). The Labute approximate surface area is 195 Å². The molecule has 0 saturated carbocycles. The average Bonchev–Trinajstić information content (AvgIpc) is 2.76. The summed E-state index contributed by atoms with van der Waals surface area (Å²) >= 11 is 0. The first-order chi connectivity index (χ1) is 15.7. The molecule has 1 N–H and O–H groups in total. The van der Waals surface area contributed by atoms with Gasteiger partial charge in [-0.1, -0.05) is 12.1 Å². The second kappa shape index (κ2) is 11.2. The number of carbonyl (C=O) groups excluding carboxylic acids is 1. The summed E-state index contributed by atoms with van der Waals surface area (Å²) in [7, 11) is 1.58. The monoisotopic (exact) mass is 456 g/mol. The van der Waals surface area contributed by atoms with Crippen LogP contribution in [0.2, 0.25) is 0 Å². The normalized spacial score (nSPS) is 18.6. The van der Waals surface area contributed by atoms with E-state index in [1.54, 1.807) is 19.3 Å². The van der Waals surface area contributed by atoms with Crippen LogP contribution in [0.25, 0.3) is 6.08 Å². The zero-order chi connectivity index (χ0) is 24.0. The van der Waals surface area contributed by atoms with Crippen LogP contribution in [0.5, 0.6) is 11.5 Å². The van der Waals surface area contributed by atoms with Crippen molar-refractivity contribution >= 4 is 17.7 Å². The Hall–Kier alpha value is -3.06. The lowest BCUT2D eigenvalue weighted by Crippen LogP contribution is -2.45. The summed E-state index contributed by atoms with van der Waals surface area (Å²) < 4.78 is 31.5. The minimum atomic E-state index is -0.297. The van der Waals surface area contributed by atoms with E-state index in [4.69, 9.17) is 14.2 Å². The van der Waals surface area contributed by atoms with Gasteiger partial charge in [0, 0.05) is 25.7 Å². The maximum absolute atomic E-state index is 14.7. The van der Waals surface area contributed by atoms with E-state index in [2.05, 4.69) is 5.32 Å². The van der Waals surface area contributed by atoms with Crippen molar-refractivity contribution in [2.24, 2.45) is 0 Å². The Morgan fingerprint density at radius 2 is 1.91 bits per heavy atom. The molecule has 0 bridgehead atoms. The molecule has 2 atom stereocenters. The number of anilines is 1. The summed E-state index contributed by atoms with van der Waals surface area (Å²) in [5, 5.41) is 2.79. The maximum atomic E-state index is 14.7. The molecule has 178 valence electrons. The third-order valence-electron chi connectivity index (χ3n) is 5.22. The van der Waals surface area contributed by atoms with Crippen LogP contribution >= 0.6 is 0 Å². The summed E-state index contributed by atoms with van der Waals surface area (Å²) in [5.41, 5.74) is 2.07. The fourth-order valence-corrected chi connectivity index (χ4v) is 3.85. The number of methoxy groups -OCH3 is 1. The second-order valence-electron chi connectivity index (χ2n) is 8.58. The van der Waals surface area contributed by atoms with Gasteiger partial charge in [0.25, 0.3) is 0 Å². The van der Waals surface area contributed by atoms with Crippen LogP contribution in [-0.2, 0) is 16.1 Å². The molecule has 0 radical (unpaired) electrons. The third kappa shape index (κ3) is 6.96. The number of carbonyl (C=O) groups is 1. The molecule has 1 heterocycles. The van der Waals surface area contributed by atoms with Crippen molar-refractivity contribution in [1.29, 1.82) is 0 Å². The van der Waals surface area contributed by atoms with E-state index >= 15 is 0 Å². The number of hydrogen-bond donors (Lipinski definition) is 1. The molecule has 0 aromatic heterocycles.